The molecule has 0 amide bonds. The molecule has 0 saturated heterocycles. The molecule has 1 aromatic carbocycles. The number of ether oxygens (including phenoxy) is 1. The highest BCUT2D eigenvalue weighted by Gasteiger charge is 2.40. The molecule has 2 nitrogen and oxygen atoms in total. The molecule has 3 rings (SSSR count). The Hall–Kier alpha value is -1.23. The second-order valence-electron chi connectivity index (χ2n) is 6.23. The quantitative estimate of drug-likeness (QED) is 0.910. The van der Waals surface area contributed by atoms with Crippen molar-refractivity contribution >= 4 is 0 Å². The van der Waals surface area contributed by atoms with E-state index in [9.17, 15) is 13.2 Å². The first-order valence-electron chi connectivity index (χ1n) is 7.41. The maximum atomic E-state index is 13.1. The fraction of sp³-hybridized carbons (Fsp3) is 0.625. The van der Waals surface area contributed by atoms with E-state index in [1.165, 1.54) is 31.4 Å². The summed E-state index contributed by atoms with van der Waals surface area (Å²) in [7, 11) is 0. The van der Waals surface area contributed by atoms with Gasteiger partial charge in [0, 0.05) is 0 Å². The topological polar surface area (TPSA) is 29.5 Å². The largest absolute Gasteiger partial charge is 0.493 e. The molecule has 0 spiro atoms. The molecule has 2 saturated carbocycles. The highest BCUT2D eigenvalue weighted by Crippen LogP contribution is 2.48. The summed E-state index contributed by atoms with van der Waals surface area (Å²) in [5.41, 5.74) is -0.549. The normalized spacial score (nSPS) is 28.1. The van der Waals surface area contributed by atoms with E-state index in [1.54, 1.807) is 0 Å². The summed E-state index contributed by atoms with van der Waals surface area (Å²) in [6, 6.07) is 3.77. The number of halogens is 3. The fourth-order valence-electron chi connectivity index (χ4n) is 3.80. The Morgan fingerprint density at radius 1 is 1.19 bits per heavy atom. The number of rotatable bonds is 4. The Morgan fingerprint density at radius 2 is 2.00 bits per heavy atom. The highest BCUT2D eigenvalue weighted by atomic mass is 19.4. The zero-order valence-electron chi connectivity index (χ0n) is 11.7. The summed E-state index contributed by atoms with van der Waals surface area (Å²) in [4.78, 5) is 0. The van der Waals surface area contributed by atoms with Crippen LogP contribution in [0.15, 0.2) is 18.2 Å². The summed E-state index contributed by atoms with van der Waals surface area (Å²) in [6.07, 6.45) is 0.286. The lowest BCUT2D eigenvalue weighted by Crippen LogP contribution is -2.20. The molecule has 0 radical (unpaired) electrons. The number of aliphatic hydroxyl groups excluding tert-OH is 1. The first-order chi connectivity index (χ1) is 9.97. The van der Waals surface area contributed by atoms with Gasteiger partial charge in [-0.15, -0.1) is 0 Å². The van der Waals surface area contributed by atoms with Gasteiger partial charge in [0.25, 0.3) is 0 Å². The zero-order chi connectivity index (χ0) is 15.0. The van der Waals surface area contributed by atoms with Gasteiger partial charge in [-0.1, -0.05) is 12.5 Å². The number of aliphatic hydroxyl groups is 1. The second kappa shape index (κ2) is 5.52. The molecule has 116 valence electrons. The van der Waals surface area contributed by atoms with Crippen molar-refractivity contribution in [3.63, 3.8) is 0 Å². The van der Waals surface area contributed by atoms with Crippen LogP contribution in [0, 0.1) is 17.8 Å². The minimum atomic E-state index is -4.46. The summed E-state index contributed by atoms with van der Waals surface area (Å²) in [6.45, 7) is -0.0432. The van der Waals surface area contributed by atoms with Crippen molar-refractivity contribution in [3.8, 4) is 5.75 Å². The molecule has 2 aliphatic rings. The van der Waals surface area contributed by atoms with E-state index < -0.39 is 18.3 Å². The fourth-order valence-corrected chi connectivity index (χ4v) is 3.80. The summed E-state index contributed by atoms with van der Waals surface area (Å²) >= 11 is 0. The number of benzene rings is 1. The predicted octanol–water partition coefficient (Wildman–Crippen LogP) is 4.01. The van der Waals surface area contributed by atoms with Gasteiger partial charge in [0.15, 0.2) is 0 Å². The van der Waals surface area contributed by atoms with E-state index in [0.29, 0.717) is 18.4 Å². The lowest BCUT2D eigenvalue weighted by atomic mass is 9.89. The molecule has 1 N–H and O–H groups in total. The van der Waals surface area contributed by atoms with Gasteiger partial charge in [0.1, 0.15) is 5.75 Å². The van der Waals surface area contributed by atoms with Crippen LogP contribution in [0.2, 0.25) is 0 Å². The van der Waals surface area contributed by atoms with Crippen molar-refractivity contribution in [2.24, 2.45) is 17.8 Å². The van der Waals surface area contributed by atoms with E-state index in [-0.39, 0.29) is 11.3 Å². The van der Waals surface area contributed by atoms with E-state index >= 15 is 0 Å². The Morgan fingerprint density at radius 3 is 2.57 bits per heavy atom. The third-order valence-corrected chi connectivity index (χ3v) is 4.87. The maximum absolute atomic E-state index is 13.1. The molecule has 2 fully saturated rings. The van der Waals surface area contributed by atoms with Crippen LogP contribution in [0.25, 0.3) is 0 Å². The Balaban J connectivity index is 1.72. The number of alkyl halides is 3. The SMILES string of the molecule is OCc1ccc(OCC2CC3CCC2C3)c(C(F)(F)F)c1. The number of hydrogen-bond acceptors (Lipinski definition) is 2. The Bertz CT molecular complexity index is 513. The van der Waals surface area contributed by atoms with Crippen molar-refractivity contribution in [2.75, 3.05) is 6.61 Å². The van der Waals surface area contributed by atoms with Gasteiger partial charge in [-0.2, -0.15) is 13.2 Å². The average Bonchev–Trinajstić information content (AvgIpc) is 3.06. The molecule has 3 atom stereocenters. The van der Waals surface area contributed by atoms with E-state index in [4.69, 9.17) is 9.84 Å². The third kappa shape index (κ3) is 3.03. The van der Waals surface area contributed by atoms with Crippen LogP contribution in [0.1, 0.15) is 36.8 Å². The Labute approximate surface area is 121 Å². The molecule has 0 aliphatic heterocycles. The van der Waals surface area contributed by atoms with Crippen LogP contribution >= 0.6 is 0 Å². The lowest BCUT2D eigenvalue weighted by molar-refractivity contribution is -0.139. The van der Waals surface area contributed by atoms with Gasteiger partial charge in [-0.25, -0.2) is 0 Å². The van der Waals surface area contributed by atoms with Crippen LogP contribution in [0.4, 0.5) is 13.2 Å². The monoisotopic (exact) mass is 300 g/mol. The molecular formula is C16H19F3O2. The smallest absolute Gasteiger partial charge is 0.419 e. The molecule has 0 aromatic heterocycles. The standard InChI is InChI=1S/C16H19F3O2/c17-16(18,19)14-7-11(8-20)2-4-15(14)21-9-13-6-10-1-3-12(13)5-10/h2,4,7,10,12-13,20H,1,3,5-6,8-9H2. The third-order valence-electron chi connectivity index (χ3n) is 4.87. The van der Waals surface area contributed by atoms with Crippen molar-refractivity contribution in [1.29, 1.82) is 0 Å². The van der Waals surface area contributed by atoms with Crippen LogP contribution in [0.5, 0.6) is 5.75 Å². The van der Waals surface area contributed by atoms with E-state index in [2.05, 4.69) is 0 Å². The van der Waals surface area contributed by atoms with Crippen molar-refractivity contribution in [2.45, 2.75) is 38.5 Å². The molecule has 1 aromatic rings. The van der Waals surface area contributed by atoms with Crippen molar-refractivity contribution < 1.29 is 23.0 Å². The van der Waals surface area contributed by atoms with E-state index in [1.807, 2.05) is 0 Å². The lowest BCUT2D eigenvalue weighted by Gasteiger charge is -2.23. The average molecular weight is 300 g/mol. The van der Waals surface area contributed by atoms with Gasteiger partial charge < -0.3 is 9.84 Å². The Kier molecular flexibility index (Phi) is 3.86. The van der Waals surface area contributed by atoms with Gasteiger partial charge in [-0.05, 0) is 54.7 Å². The van der Waals surface area contributed by atoms with E-state index in [0.717, 1.165) is 18.4 Å². The van der Waals surface area contributed by atoms with Crippen LogP contribution < -0.4 is 4.74 Å². The summed E-state index contributed by atoms with van der Waals surface area (Å²) < 4.78 is 44.7. The van der Waals surface area contributed by atoms with Gasteiger partial charge in [0.2, 0.25) is 0 Å². The molecule has 2 bridgehead atoms. The summed E-state index contributed by atoms with van der Waals surface area (Å²) in [5, 5.41) is 8.98. The first kappa shape index (κ1) is 14.7. The van der Waals surface area contributed by atoms with Gasteiger partial charge in [-0.3, -0.25) is 0 Å². The van der Waals surface area contributed by atoms with Crippen LogP contribution in [-0.2, 0) is 12.8 Å². The van der Waals surface area contributed by atoms with Crippen LogP contribution in [0.3, 0.4) is 0 Å². The van der Waals surface area contributed by atoms with Crippen molar-refractivity contribution in [1.82, 2.24) is 0 Å². The van der Waals surface area contributed by atoms with Crippen LogP contribution in [-0.4, -0.2) is 11.7 Å². The molecule has 21 heavy (non-hydrogen) atoms. The zero-order valence-corrected chi connectivity index (χ0v) is 11.7. The minimum Gasteiger partial charge on any atom is -0.493 e. The highest BCUT2D eigenvalue weighted by molar-refractivity contribution is 5.39. The van der Waals surface area contributed by atoms with Gasteiger partial charge in [0.05, 0.1) is 18.8 Å². The number of fused-ring (bicyclic) bond motifs is 2. The molecule has 0 heterocycles. The minimum absolute atomic E-state index is 0.123. The molecular weight excluding hydrogens is 281 g/mol. The number of hydrogen-bond donors (Lipinski definition) is 1. The predicted molar refractivity (Wildman–Crippen MR) is 71.8 cm³/mol. The second-order valence-corrected chi connectivity index (χ2v) is 6.23. The molecule has 2 aliphatic carbocycles. The summed E-state index contributed by atoms with van der Waals surface area (Å²) in [5.74, 6) is 1.65. The molecule has 5 heteroatoms. The van der Waals surface area contributed by atoms with Crippen molar-refractivity contribution in [3.05, 3.63) is 29.3 Å². The maximum Gasteiger partial charge on any atom is 0.419 e. The molecule has 3 unspecified atom stereocenters. The van der Waals surface area contributed by atoms with Gasteiger partial charge >= 0.3 is 6.18 Å². The first-order valence-corrected chi connectivity index (χ1v) is 7.41.